The standard InChI is InChI=1S/C28H29FN2O4S/c1-3-34-26-15-8-18(16-27(26)35-4-2)28-23-7-5-6-22(23)24-17-21(13-14-25(24)30-28)36(32,33)31-20-11-9-19(29)10-12-20/h5-6,8-17,22-23,28,30-31H,3-4,7H2,1-2H3/t22-,23+,28+/m0/s1. The molecule has 0 fully saturated rings. The summed E-state index contributed by atoms with van der Waals surface area (Å²) in [6, 6.07) is 16.5. The molecule has 0 bridgehead atoms. The van der Waals surface area contributed by atoms with Crippen molar-refractivity contribution >= 4 is 21.4 Å². The van der Waals surface area contributed by atoms with E-state index < -0.39 is 15.8 Å². The summed E-state index contributed by atoms with van der Waals surface area (Å²) in [5.41, 5.74) is 3.26. The number of sulfonamides is 1. The van der Waals surface area contributed by atoms with Crippen molar-refractivity contribution in [3.05, 3.63) is 89.8 Å². The third kappa shape index (κ3) is 4.65. The van der Waals surface area contributed by atoms with E-state index in [9.17, 15) is 12.8 Å². The van der Waals surface area contributed by atoms with Crippen molar-refractivity contribution in [1.29, 1.82) is 0 Å². The molecule has 6 nitrogen and oxygen atoms in total. The van der Waals surface area contributed by atoms with Gasteiger partial charge in [-0.1, -0.05) is 18.2 Å². The van der Waals surface area contributed by atoms with Crippen LogP contribution in [0, 0.1) is 11.7 Å². The number of rotatable bonds is 8. The van der Waals surface area contributed by atoms with Gasteiger partial charge in [-0.15, -0.1) is 0 Å². The average Bonchev–Trinajstić information content (AvgIpc) is 3.36. The Balaban J connectivity index is 1.46. The molecule has 0 unspecified atom stereocenters. The van der Waals surface area contributed by atoms with E-state index in [-0.39, 0.29) is 22.8 Å². The number of hydrogen-bond acceptors (Lipinski definition) is 5. The lowest BCUT2D eigenvalue weighted by Gasteiger charge is -2.38. The van der Waals surface area contributed by atoms with E-state index in [1.54, 1.807) is 12.1 Å². The predicted molar refractivity (Wildman–Crippen MR) is 139 cm³/mol. The maximum absolute atomic E-state index is 13.2. The van der Waals surface area contributed by atoms with Crippen LogP contribution in [-0.4, -0.2) is 21.6 Å². The molecule has 0 aromatic heterocycles. The topological polar surface area (TPSA) is 76.7 Å². The Morgan fingerprint density at radius 3 is 2.47 bits per heavy atom. The molecule has 188 valence electrons. The summed E-state index contributed by atoms with van der Waals surface area (Å²) in [4.78, 5) is 0.171. The molecule has 0 spiro atoms. The van der Waals surface area contributed by atoms with E-state index >= 15 is 0 Å². The second kappa shape index (κ2) is 9.85. The summed E-state index contributed by atoms with van der Waals surface area (Å²) in [7, 11) is -3.83. The highest BCUT2D eigenvalue weighted by Crippen LogP contribution is 2.51. The maximum Gasteiger partial charge on any atom is 0.261 e. The summed E-state index contributed by atoms with van der Waals surface area (Å²) in [6.07, 6.45) is 5.21. The number of anilines is 2. The first kappa shape index (κ1) is 24.2. The molecule has 0 saturated carbocycles. The summed E-state index contributed by atoms with van der Waals surface area (Å²) < 4.78 is 53.5. The van der Waals surface area contributed by atoms with Gasteiger partial charge in [0.2, 0.25) is 0 Å². The first-order valence-corrected chi connectivity index (χ1v) is 13.6. The van der Waals surface area contributed by atoms with Crippen LogP contribution < -0.4 is 19.5 Å². The van der Waals surface area contributed by atoms with E-state index in [0.29, 0.717) is 18.9 Å². The van der Waals surface area contributed by atoms with Crippen LogP contribution in [0.25, 0.3) is 0 Å². The molecule has 36 heavy (non-hydrogen) atoms. The second-order valence-corrected chi connectivity index (χ2v) is 10.6. The van der Waals surface area contributed by atoms with Gasteiger partial charge < -0.3 is 14.8 Å². The molecule has 3 atom stereocenters. The lowest BCUT2D eigenvalue weighted by Crippen LogP contribution is -2.29. The SMILES string of the molecule is CCOc1ccc([C@H]2Nc3ccc(S(=O)(=O)Nc4ccc(F)cc4)cc3[C@H]3C=CC[C@H]32)cc1OCC. The highest BCUT2D eigenvalue weighted by molar-refractivity contribution is 7.92. The molecule has 8 heteroatoms. The minimum atomic E-state index is -3.83. The third-order valence-electron chi connectivity index (χ3n) is 6.67. The van der Waals surface area contributed by atoms with Crippen LogP contribution in [0.1, 0.15) is 43.4 Å². The van der Waals surface area contributed by atoms with Crippen LogP contribution in [0.5, 0.6) is 11.5 Å². The van der Waals surface area contributed by atoms with Gasteiger partial charge in [-0.2, -0.15) is 0 Å². The quantitative estimate of drug-likeness (QED) is 0.352. The number of fused-ring (bicyclic) bond motifs is 3. The molecule has 2 N–H and O–H groups in total. The zero-order valence-corrected chi connectivity index (χ0v) is 21.0. The number of nitrogens with one attached hydrogen (secondary N) is 2. The molecular weight excluding hydrogens is 479 g/mol. The second-order valence-electron chi connectivity index (χ2n) is 8.91. The van der Waals surface area contributed by atoms with E-state index in [0.717, 1.165) is 34.7 Å². The van der Waals surface area contributed by atoms with Gasteiger partial charge in [0.05, 0.1) is 24.2 Å². The first-order chi connectivity index (χ1) is 17.4. The first-order valence-electron chi connectivity index (χ1n) is 12.1. The van der Waals surface area contributed by atoms with Gasteiger partial charge in [0, 0.05) is 17.3 Å². The third-order valence-corrected chi connectivity index (χ3v) is 8.05. The van der Waals surface area contributed by atoms with Crippen molar-refractivity contribution in [2.45, 2.75) is 37.1 Å². The lowest BCUT2D eigenvalue weighted by atomic mass is 9.77. The van der Waals surface area contributed by atoms with Crippen LogP contribution in [0.4, 0.5) is 15.8 Å². The number of benzene rings is 3. The average molecular weight is 509 g/mol. The van der Waals surface area contributed by atoms with Gasteiger partial charge in [0.1, 0.15) is 5.82 Å². The lowest BCUT2D eigenvalue weighted by molar-refractivity contribution is 0.287. The van der Waals surface area contributed by atoms with Crippen LogP contribution in [0.2, 0.25) is 0 Å². The number of hydrogen-bond donors (Lipinski definition) is 2. The number of halogens is 1. The molecule has 1 aliphatic heterocycles. The van der Waals surface area contributed by atoms with Crippen LogP contribution >= 0.6 is 0 Å². The molecule has 1 aliphatic carbocycles. The predicted octanol–water partition coefficient (Wildman–Crippen LogP) is 6.25. The van der Waals surface area contributed by atoms with Crippen molar-refractivity contribution in [2.75, 3.05) is 23.3 Å². The molecule has 0 amide bonds. The molecule has 0 radical (unpaired) electrons. The van der Waals surface area contributed by atoms with Crippen LogP contribution in [0.3, 0.4) is 0 Å². The fraction of sp³-hybridized carbons (Fsp3) is 0.286. The van der Waals surface area contributed by atoms with Crippen molar-refractivity contribution in [2.24, 2.45) is 5.92 Å². The smallest absolute Gasteiger partial charge is 0.261 e. The van der Waals surface area contributed by atoms with Crippen molar-refractivity contribution in [3.63, 3.8) is 0 Å². The molecule has 0 saturated heterocycles. The summed E-state index contributed by atoms with van der Waals surface area (Å²) in [5, 5.41) is 3.65. The van der Waals surface area contributed by atoms with Crippen molar-refractivity contribution in [1.82, 2.24) is 0 Å². The number of allylic oxidation sites excluding steroid dienone is 2. The fourth-order valence-electron chi connectivity index (χ4n) is 5.06. The Kier molecular flexibility index (Phi) is 6.62. The highest BCUT2D eigenvalue weighted by Gasteiger charge is 2.38. The van der Waals surface area contributed by atoms with Gasteiger partial charge in [0.25, 0.3) is 10.0 Å². The van der Waals surface area contributed by atoms with Crippen molar-refractivity contribution in [3.8, 4) is 11.5 Å². The van der Waals surface area contributed by atoms with E-state index in [1.807, 2.05) is 32.0 Å². The summed E-state index contributed by atoms with van der Waals surface area (Å²) in [6.45, 7) is 5.00. The van der Waals surface area contributed by atoms with Gasteiger partial charge in [-0.05, 0) is 91.9 Å². The molecule has 5 rings (SSSR count). The van der Waals surface area contributed by atoms with Gasteiger partial charge in [0.15, 0.2) is 11.5 Å². The highest BCUT2D eigenvalue weighted by atomic mass is 32.2. The fourth-order valence-corrected chi connectivity index (χ4v) is 6.16. The summed E-state index contributed by atoms with van der Waals surface area (Å²) in [5.74, 6) is 1.33. The molecular formula is C28H29FN2O4S. The summed E-state index contributed by atoms with van der Waals surface area (Å²) >= 11 is 0. The maximum atomic E-state index is 13.2. The molecule has 3 aromatic rings. The minimum Gasteiger partial charge on any atom is -0.490 e. The largest absolute Gasteiger partial charge is 0.490 e. The molecule has 1 heterocycles. The van der Waals surface area contributed by atoms with Gasteiger partial charge in [-0.3, -0.25) is 4.72 Å². The Labute approximate surface area is 211 Å². The van der Waals surface area contributed by atoms with Crippen LogP contribution in [0.15, 0.2) is 77.7 Å². The Morgan fingerprint density at radius 1 is 0.972 bits per heavy atom. The van der Waals surface area contributed by atoms with Crippen LogP contribution in [-0.2, 0) is 10.0 Å². The Hall–Kier alpha value is -3.52. The van der Waals surface area contributed by atoms with Crippen molar-refractivity contribution < 1.29 is 22.3 Å². The molecule has 3 aromatic carbocycles. The Bertz CT molecular complexity index is 1390. The van der Waals surface area contributed by atoms with E-state index in [1.165, 1.54) is 24.3 Å². The monoisotopic (exact) mass is 508 g/mol. The van der Waals surface area contributed by atoms with E-state index in [2.05, 4.69) is 28.3 Å². The zero-order valence-electron chi connectivity index (χ0n) is 20.2. The van der Waals surface area contributed by atoms with Gasteiger partial charge >= 0.3 is 0 Å². The zero-order chi connectivity index (χ0) is 25.3. The Morgan fingerprint density at radius 2 is 1.72 bits per heavy atom. The normalized spacial score (nSPS) is 20.2. The molecule has 2 aliphatic rings. The minimum absolute atomic E-state index is 0.0344. The van der Waals surface area contributed by atoms with Gasteiger partial charge in [-0.25, -0.2) is 12.8 Å². The number of ether oxygens (including phenoxy) is 2. The van der Waals surface area contributed by atoms with E-state index in [4.69, 9.17) is 9.47 Å².